The van der Waals surface area contributed by atoms with Crippen molar-refractivity contribution in [2.75, 3.05) is 19.6 Å². The van der Waals surface area contributed by atoms with Crippen LogP contribution in [-0.2, 0) is 16.6 Å². The molecule has 0 heterocycles. The van der Waals surface area contributed by atoms with Crippen molar-refractivity contribution in [2.45, 2.75) is 32.2 Å². The SMILES string of the molecule is CCN(Cc1cccc(F)c1)C(=O)c1cccc(S(=O)(=O)N(CC)CC)c1. The zero-order valence-corrected chi connectivity index (χ0v) is 16.7. The van der Waals surface area contributed by atoms with Gasteiger partial charge in [-0.3, -0.25) is 4.79 Å². The first-order chi connectivity index (χ1) is 12.8. The summed E-state index contributed by atoms with van der Waals surface area (Å²) in [6.45, 7) is 6.76. The zero-order chi connectivity index (χ0) is 20.0. The van der Waals surface area contributed by atoms with Gasteiger partial charge in [-0.05, 0) is 42.8 Å². The summed E-state index contributed by atoms with van der Waals surface area (Å²) in [7, 11) is -3.64. The van der Waals surface area contributed by atoms with Crippen molar-refractivity contribution in [1.82, 2.24) is 9.21 Å². The Hall–Kier alpha value is -2.25. The van der Waals surface area contributed by atoms with Gasteiger partial charge < -0.3 is 4.90 Å². The van der Waals surface area contributed by atoms with Crippen LogP contribution in [0.1, 0.15) is 36.7 Å². The molecule has 27 heavy (non-hydrogen) atoms. The van der Waals surface area contributed by atoms with Gasteiger partial charge in [0.25, 0.3) is 5.91 Å². The molecule has 0 radical (unpaired) electrons. The molecule has 0 atom stereocenters. The fourth-order valence-corrected chi connectivity index (χ4v) is 4.37. The molecule has 1 amide bonds. The van der Waals surface area contributed by atoms with Crippen molar-refractivity contribution in [2.24, 2.45) is 0 Å². The third kappa shape index (κ3) is 4.93. The molecule has 0 spiro atoms. The van der Waals surface area contributed by atoms with Gasteiger partial charge in [0, 0.05) is 31.7 Å². The monoisotopic (exact) mass is 392 g/mol. The minimum absolute atomic E-state index is 0.0962. The second kappa shape index (κ2) is 9.10. The Bertz CT molecular complexity index is 896. The Kier molecular flexibility index (Phi) is 7.10. The summed E-state index contributed by atoms with van der Waals surface area (Å²) in [4.78, 5) is 14.5. The molecular formula is C20H25FN2O3S. The number of hydrogen-bond acceptors (Lipinski definition) is 3. The molecule has 5 nitrogen and oxygen atoms in total. The summed E-state index contributed by atoms with van der Waals surface area (Å²) in [5, 5.41) is 0. The number of carbonyl (C=O) groups excluding carboxylic acids is 1. The number of carbonyl (C=O) groups is 1. The van der Waals surface area contributed by atoms with Gasteiger partial charge in [0.05, 0.1) is 4.90 Å². The summed E-state index contributed by atoms with van der Waals surface area (Å²) in [5.74, 6) is -0.651. The Morgan fingerprint density at radius 2 is 1.63 bits per heavy atom. The van der Waals surface area contributed by atoms with Crippen LogP contribution in [0.3, 0.4) is 0 Å². The van der Waals surface area contributed by atoms with Crippen LogP contribution in [0.5, 0.6) is 0 Å². The summed E-state index contributed by atoms with van der Waals surface area (Å²) < 4.78 is 40.1. The van der Waals surface area contributed by atoms with Gasteiger partial charge in [-0.25, -0.2) is 12.8 Å². The van der Waals surface area contributed by atoms with Crippen LogP contribution in [0, 0.1) is 5.82 Å². The molecule has 2 aromatic rings. The molecule has 0 aromatic heterocycles. The van der Waals surface area contributed by atoms with E-state index in [0.717, 1.165) is 0 Å². The van der Waals surface area contributed by atoms with Gasteiger partial charge in [0.2, 0.25) is 10.0 Å². The average molecular weight is 392 g/mol. The first kappa shape index (κ1) is 21.1. The van der Waals surface area contributed by atoms with Crippen LogP contribution in [0.4, 0.5) is 4.39 Å². The standard InChI is InChI=1S/C20H25FN2O3S/c1-4-22(15-16-9-7-11-18(21)13-16)20(24)17-10-8-12-19(14-17)27(25,26)23(5-2)6-3/h7-14H,4-6,15H2,1-3H3. The minimum atomic E-state index is -3.64. The molecule has 2 rings (SSSR count). The first-order valence-electron chi connectivity index (χ1n) is 8.97. The van der Waals surface area contributed by atoms with Crippen LogP contribution >= 0.6 is 0 Å². The molecule has 0 aliphatic carbocycles. The average Bonchev–Trinajstić information content (AvgIpc) is 2.66. The molecule has 0 N–H and O–H groups in total. The summed E-state index contributed by atoms with van der Waals surface area (Å²) in [6.07, 6.45) is 0. The highest BCUT2D eigenvalue weighted by Gasteiger charge is 2.23. The van der Waals surface area contributed by atoms with Crippen molar-refractivity contribution in [1.29, 1.82) is 0 Å². The highest BCUT2D eigenvalue weighted by molar-refractivity contribution is 7.89. The van der Waals surface area contributed by atoms with Crippen molar-refractivity contribution >= 4 is 15.9 Å². The van der Waals surface area contributed by atoms with E-state index in [2.05, 4.69) is 0 Å². The molecule has 0 saturated heterocycles. The molecular weight excluding hydrogens is 367 g/mol. The summed E-state index contributed by atoms with van der Waals surface area (Å²) >= 11 is 0. The minimum Gasteiger partial charge on any atom is -0.335 e. The normalized spacial score (nSPS) is 11.6. The predicted molar refractivity (Wildman–Crippen MR) is 103 cm³/mol. The maximum absolute atomic E-state index is 13.4. The summed E-state index contributed by atoms with van der Waals surface area (Å²) in [5.41, 5.74) is 0.971. The van der Waals surface area contributed by atoms with Gasteiger partial charge in [-0.1, -0.05) is 32.0 Å². The molecule has 7 heteroatoms. The second-order valence-electron chi connectivity index (χ2n) is 6.07. The number of hydrogen-bond donors (Lipinski definition) is 0. The lowest BCUT2D eigenvalue weighted by Crippen LogP contribution is -2.32. The lowest BCUT2D eigenvalue weighted by Gasteiger charge is -2.22. The van der Waals surface area contributed by atoms with Gasteiger partial charge in [-0.15, -0.1) is 0 Å². The maximum atomic E-state index is 13.4. The van der Waals surface area contributed by atoms with Gasteiger partial charge in [0.15, 0.2) is 0 Å². The lowest BCUT2D eigenvalue weighted by atomic mass is 10.1. The number of rotatable bonds is 8. The first-order valence-corrected chi connectivity index (χ1v) is 10.4. The van der Waals surface area contributed by atoms with Crippen LogP contribution in [0.2, 0.25) is 0 Å². The summed E-state index contributed by atoms with van der Waals surface area (Å²) in [6, 6.07) is 12.1. The second-order valence-corrected chi connectivity index (χ2v) is 8.00. The molecule has 0 aliphatic heterocycles. The smallest absolute Gasteiger partial charge is 0.254 e. The predicted octanol–water partition coefficient (Wildman–Crippen LogP) is 3.52. The molecule has 0 fully saturated rings. The van der Waals surface area contributed by atoms with Crippen LogP contribution < -0.4 is 0 Å². The maximum Gasteiger partial charge on any atom is 0.254 e. The molecule has 146 valence electrons. The molecule has 0 bridgehead atoms. The van der Waals surface area contributed by atoms with Gasteiger partial charge in [0.1, 0.15) is 5.82 Å². The fraction of sp³-hybridized carbons (Fsp3) is 0.350. The Labute approximate surface area is 160 Å². The third-order valence-corrected chi connectivity index (χ3v) is 6.40. The number of amides is 1. The Balaban J connectivity index is 2.30. The van der Waals surface area contributed by atoms with E-state index in [1.807, 2.05) is 6.92 Å². The molecule has 0 saturated carbocycles. The van der Waals surface area contributed by atoms with Gasteiger partial charge in [-0.2, -0.15) is 4.31 Å². The zero-order valence-electron chi connectivity index (χ0n) is 15.9. The van der Waals surface area contributed by atoms with E-state index in [1.54, 1.807) is 43.0 Å². The highest BCUT2D eigenvalue weighted by atomic mass is 32.2. The van der Waals surface area contributed by atoms with Crippen molar-refractivity contribution in [3.05, 3.63) is 65.5 Å². The van der Waals surface area contributed by atoms with E-state index in [1.165, 1.54) is 28.6 Å². The van der Waals surface area contributed by atoms with Crippen LogP contribution in [0.15, 0.2) is 53.4 Å². The van der Waals surface area contributed by atoms with Crippen LogP contribution in [0.25, 0.3) is 0 Å². The number of benzene rings is 2. The van der Waals surface area contributed by atoms with Gasteiger partial charge >= 0.3 is 0 Å². The molecule has 0 unspecified atom stereocenters. The third-order valence-electron chi connectivity index (χ3n) is 4.36. The van der Waals surface area contributed by atoms with Crippen molar-refractivity contribution in [3.8, 4) is 0 Å². The Morgan fingerprint density at radius 1 is 0.963 bits per heavy atom. The highest BCUT2D eigenvalue weighted by Crippen LogP contribution is 2.19. The van der Waals surface area contributed by atoms with E-state index in [0.29, 0.717) is 30.8 Å². The van der Waals surface area contributed by atoms with E-state index >= 15 is 0 Å². The van der Waals surface area contributed by atoms with Crippen molar-refractivity contribution in [3.63, 3.8) is 0 Å². The fourth-order valence-electron chi connectivity index (χ4n) is 2.87. The van der Waals surface area contributed by atoms with E-state index in [4.69, 9.17) is 0 Å². The number of nitrogens with zero attached hydrogens (tertiary/aromatic N) is 2. The molecule has 0 aliphatic rings. The largest absolute Gasteiger partial charge is 0.335 e. The number of halogens is 1. The molecule has 2 aromatic carbocycles. The quantitative estimate of drug-likeness (QED) is 0.691. The topological polar surface area (TPSA) is 57.7 Å². The van der Waals surface area contributed by atoms with Crippen LogP contribution in [-0.4, -0.2) is 43.2 Å². The van der Waals surface area contributed by atoms with E-state index in [-0.39, 0.29) is 23.2 Å². The van der Waals surface area contributed by atoms with E-state index in [9.17, 15) is 17.6 Å². The Morgan fingerprint density at radius 3 is 2.22 bits per heavy atom. The van der Waals surface area contributed by atoms with Crippen molar-refractivity contribution < 1.29 is 17.6 Å². The number of sulfonamides is 1. The lowest BCUT2D eigenvalue weighted by molar-refractivity contribution is 0.0752. The van der Waals surface area contributed by atoms with E-state index < -0.39 is 10.0 Å².